The number of nitro groups is 1. The third kappa shape index (κ3) is 3.95. The smallest absolute Gasteiger partial charge is 0.319 e. The molecule has 7 heteroatoms. The molecule has 2 N–H and O–H groups in total. The Labute approximate surface area is 132 Å². The average Bonchev–Trinajstić information content (AvgIpc) is 2.48. The molecule has 22 heavy (non-hydrogen) atoms. The third-order valence-electron chi connectivity index (χ3n) is 3.12. The highest BCUT2D eigenvalue weighted by molar-refractivity contribution is 6.30. The number of hydrogen-bond donors (Lipinski definition) is 2. The van der Waals surface area contributed by atoms with E-state index in [0.29, 0.717) is 22.8 Å². The highest BCUT2D eigenvalue weighted by Gasteiger charge is 2.14. The van der Waals surface area contributed by atoms with E-state index < -0.39 is 11.0 Å². The molecule has 0 atom stereocenters. The maximum Gasteiger partial charge on any atom is 0.319 e. The number of carbonyl (C=O) groups is 1. The zero-order valence-corrected chi connectivity index (χ0v) is 12.6. The van der Waals surface area contributed by atoms with Crippen LogP contribution >= 0.6 is 11.6 Å². The first-order valence-corrected chi connectivity index (χ1v) is 6.88. The SMILES string of the molecule is Cc1c(NC(=O)NCc2ccc(Cl)cc2)cccc1[N+](=O)[O-]. The Kier molecular flexibility index (Phi) is 4.95. The van der Waals surface area contributed by atoms with Crippen molar-refractivity contribution in [3.8, 4) is 0 Å². The largest absolute Gasteiger partial charge is 0.334 e. The summed E-state index contributed by atoms with van der Waals surface area (Å²) in [6, 6.07) is 11.2. The maximum absolute atomic E-state index is 11.9. The van der Waals surface area contributed by atoms with Crippen molar-refractivity contribution >= 4 is 29.0 Å². The zero-order valence-electron chi connectivity index (χ0n) is 11.8. The first kappa shape index (κ1) is 15.8. The molecule has 2 amide bonds. The van der Waals surface area contributed by atoms with Gasteiger partial charge in [0.15, 0.2) is 0 Å². The molecular formula is C15H14ClN3O3. The van der Waals surface area contributed by atoms with Crippen molar-refractivity contribution in [2.45, 2.75) is 13.5 Å². The standard InChI is InChI=1S/C15H14ClN3O3/c1-10-13(3-2-4-14(10)19(21)22)18-15(20)17-9-11-5-7-12(16)8-6-11/h2-8H,9H2,1H3,(H2,17,18,20). The third-order valence-corrected chi connectivity index (χ3v) is 3.37. The van der Waals surface area contributed by atoms with Crippen molar-refractivity contribution in [3.63, 3.8) is 0 Å². The van der Waals surface area contributed by atoms with E-state index in [9.17, 15) is 14.9 Å². The summed E-state index contributed by atoms with van der Waals surface area (Å²) in [5, 5.41) is 16.8. The summed E-state index contributed by atoms with van der Waals surface area (Å²) in [4.78, 5) is 22.3. The summed E-state index contributed by atoms with van der Waals surface area (Å²) in [6.07, 6.45) is 0. The van der Waals surface area contributed by atoms with Crippen LogP contribution in [0.3, 0.4) is 0 Å². The number of rotatable bonds is 4. The van der Waals surface area contributed by atoms with E-state index in [1.165, 1.54) is 12.1 Å². The molecule has 2 aromatic carbocycles. The van der Waals surface area contributed by atoms with Crippen LogP contribution in [0.5, 0.6) is 0 Å². The Morgan fingerprint density at radius 2 is 1.91 bits per heavy atom. The van der Waals surface area contributed by atoms with E-state index in [4.69, 9.17) is 11.6 Å². The first-order valence-electron chi connectivity index (χ1n) is 6.50. The quantitative estimate of drug-likeness (QED) is 0.662. The summed E-state index contributed by atoms with van der Waals surface area (Å²) < 4.78 is 0. The van der Waals surface area contributed by atoms with Gasteiger partial charge in [-0.15, -0.1) is 0 Å². The van der Waals surface area contributed by atoms with Crippen molar-refractivity contribution < 1.29 is 9.72 Å². The van der Waals surface area contributed by atoms with E-state index in [2.05, 4.69) is 10.6 Å². The molecular weight excluding hydrogens is 306 g/mol. The lowest BCUT2D eigenvalue weighted by molar-refractivity contribution is -0.385. The number of benzene rings is 2. The van der Waals surface area contributed by atoms with E-state index in [1.807, 2.05) is 0 Å². The molecule has 0 unspecified atom stereocenters. The lowest BCUT2D eigenvalue weighted by Crippen LogP contribution is -2.28. The first-order chi connectivity index (χ1) is 10.5. The summed E-state index contributed by atoms with van der Waals surface area (Å²) in [7, 11) is 0. The van der Waals surface area contributed by atoms with E-state index in [-0.39, 0.29) is 5.69 Å². The number of nitrogens with one attached hydrogen (secondary N) is 2. The minimum Gasteiger partial charge on any atom is -0.334 e. The monoisotopic (exact) mass is 319 g/mol. The van der Waals surface area contributed by atoms with Crippen molar-refractivity contribution in [3.05, 3.63) is 68.7 Å². The number of nitro benzene ring substituents is 1. The van der Waals surface area contributed by atoms with Crippen molar-refractivity contribution in [1.29, 1.82) is 0 Å². The van der Waals surface area contributed by atoms with E-state index >= 15 is 0 Å². The van der Waals surface area contributed by atoms with Gasteiger partial charge in [0.25, 0.3) is 5.69 Å². The van der Waals surface area contributed by atoms with E-state index in [1.54, 1.807) is 37.3 Å². The van der Waals surface area contributed by atoms with Crippen molar-refractivity contribution in [2.75, 3.05) is 5.32 Å². The molecule has 2 aromatic rings. The number of urea groups is 1. The van der Waals surface area contributed by atoms with Crippen LogP contribution in [0.1, 0.15) is 11.1 Å². The van der Waals surface area contributed by atoms with Crippen LogP contribution in [-0.4, -0.2) is 11.0 Å². The molecule has 0 heterocycles. The second kappa shape index (κ2) is 6.91. The van der Waals surface area contributed by atoms with Crippen LogP contribution in [0, 0.1) is 17.0 Å². The Morgan fingerprint density at radius 3 is 2.55 bits per heavy atom. The second-order valence-electron chi connectivity index (χ2n) is 4.64. The molecule has 0 aliphatic carbocycles. The van der Waals surface area contributed by atoms with Crippen LogP contribution in [0.25, 0.3) is 0 Å². The molecule has 0 spiro atoms. The molecule has 0 aliphatic heterocycles. The number of anilines is 1. The van der Waals surface area contributed by atoms with Gasteiger partial charge in [-0.2, -0.15) is 0 Å². The predicted octanol–water partition coefficient (Wildman–Crippen LogP) is 3.88. The normalized spacial score (nSPS) is 10.1. The van der Waals surface area contributed by atoms with Gasteiger partial charge in [-0.3, -0.25) is 10.1 Å². The Hall–Kier alpha value is -2.60. The zero-order chi connectivity index (χ0) is 16.1. The van der Waals surface area contributed by atoms with Crippen molar-refractivity contribution in [2.24, 2.45) is 0 Å². The highest BCUT2D eigenvalue weighted by Crippen LogP contribution is 2.24. The fourth-order valence-corrected chi connectivity index (χ4v) is 2.03. The van der Waals surface area contributed by atoms with Crippen LogP contribution in [0.15, 0.2) is 42.5 Å². The minimum atomic E-state index is -0.480. The summed E-state index contributed by atoms with van der Waals surface area (Å²) in [5.74, 6) is 0. The summed E-state index contributed by atoms with van der Waals surface area (Å²) >= 11 is 5.78. The highest BCUT2D eigenvalue weighted by atomic mass is 35.5. The second-order valence-corrected chi connectivity index (χ2v) is 5.08. The van der Waals surface area contributed by atoms with Gasteiger partial charge in [-0.05, 0) is 30.7 Å². The Bertz CT molecular complexity index is 702. The molecule has 114 valence electrons. The van der Waals surface area contributed by atoms with Gasteiger partial charge in [0.2, 0.25) is 0 Å². The molecule has 0 radical (unpaired) electrons. The molecule has 6 nitrogen and oxygen atoms in total. The molecule has 0 fully saturated rings. The van der Waals surface area contributed by atoms with Gasteiger partial charge in [-0.25, -0.2) is 4.79 Å². The van der Waals surface area contributed by atoms with Gasteiger partial charge < -0.3 is 10.6 Å². The topological polar surface area (TPSA) is 84.3 Å². The average molecular weight is 320 g/mol. The number of nitrogens with zero attached hydrogens (tertiary/aromatic N) is 1. The van der Waals surface area contributed by atoms with Gasteiger partial charge in [0.1, 0.15) is 0 Å². The number of halogens is 1. The molecule has 0 bridgehead atoms. The number of amides is 2. The van der Waals surface area contributed by atoms with Gasteiger partial charge in [0, 0.05) is 17.6 Å². The Morgan fingerprint density at radius 1 is 1.23 bits per heavy atom. The maximum atomic E-state index is 11.9. The molecule has 0 aliphatic rings. The Balaban J connectivity index is 1.99. The van der Waals surface area contributed by atoms with Gasteiger partial charge in [0.05, 0.1) is 16.2 Å². The fourth-order valence-electron chi connectivity index (χ4n) is 1.91. The number of hydrogen-bond acceptors (Lipinski definition) is 3. The predicted molar refractivity (Wildman–Crippen MR) is 85.1 cm³/mol. The summed E-state index contributed by atoms with van der Waals surface area (Å²) in [6.45, 7) is 1.92. The van der Waals surface area contributed by atoms with Crippen molar-refractivity contribution in [1.82, 2.24) is 5.32 Å². The number of carbonyl (C=O) groups excluding carboxylic acids is 1. The summed E-state index contributed by atoms with van der Waals surface area (Å²) in [5.41, 5.74) is 1.68. The molecule has 0 saturated carbocycles. The van der Waals surface area contributed by atoms with Crippen LogP contribution in [-0.2, 0) is 6.54 Å². The van der Waals surface area contributed by atoms with Crippen LogP contribution < -0.4 is 10.6 Å². The van der Waals surface area contributed by atoms with E-state index in [0.717, 1.165) is 5.56 Å². The molecule has 2 rings (SSSR count). The van der Waals surface area contributed by atoms with Crippen LogP contribution in [0.2, 0.25) is 5.02 Å². The van der Waals surface area contributed by atoms with Gasteiger partial charge in [-0.1, -0.05) is 29.8 Å². The lowest BCUT2D eigenvalue weighted by atomic mass is 10.1. The lowest BCUT2D eigenvalue weighted by Gasteiger charge is -2.10. The van der Waals surface area contributed by atoms with Gasteiger partial charge >= 0.3 is 6.03 Å². The fraction of sp³-hybridized carbons (Fsp3) is 0.133. The molecule has 0 aromatic heterocycles. The minimum absolute atomic E-state index is 0.0319. The van der Waals surface area contributed by atoms with Crippen LogP contribution in [0.4, 0.5) is 16.2 Å². The molecule has 0 saturated heterocycles.